The molecule has 0 aromatic carbocycles. The minimum absolute atomic E-state index is 0.0861. The lowest BCUT2D eigenvalue weighted by Gasteiger charge is -2.14. The average molecular weight is 310 g/mol. The van der Waals surface area contributed by atoms with Crippen molar-refractivity contribution >= 4 is 38.9 Å². The molecule has 1 fully saturated rings. The van der Waals surface area contributed by atoms with E-state index < -0.39 is 0 Å². The Bertz CT molecular complexity index is 352. The highest BCUT2D eigenvalue weighted by Crippen LogP contribution is 2.43. The van der Waals surface area contributed by atoms with Gasteiger partial charge >= 0.3 is 0 Å². The van der Waals surface area contributed by atoms with Crippen molar-refractivity contribution in [3.63, 3.8) is 0 Å². The van der Waals surface area contributed by atoms with Crippen LogP contribution in [0, 0.1) is 12.8 Å². The second kappa shape index (κ2) is 4.74. The van der Waals surface area contributed by atoms with E-state index in [1.165, 1.54) is 9.75 Å². The SMILES string of the molecule is Cc1cc(Br)c(C(Cl)C2COC(C)C2)s1. The number of hydrogen-bond acceptors (Lipinski definition) is 2. The molecule has 1 saturated heterocycles. The molecule has 0 saturated carbocycles. The molecule has 1 aromatic rings. The van der Waals surface area contributed by atoms with E-state index in [4.69, 9.17) is 16.3 Å². The highest BCUT2D eigenvalue weighted by atomic mass is 79.9. The van der Waals surface area contributed by atoms with Gasteiger partial charge in [0.05, 0.1) is 18.1 Å². The minimum Gasteiger partial charge on any atom is -0.378 e. The highest BCUT2D eigenvalue weighted by molar-refractivity contribution is 9.10. The van der Waals surface area contributed by atoms with Gasteiger partial charge in [0.1, 0.15) is 0 Å². The van der Waals surface area contributed by atoms with E-state index in [1.54, 1.807) is 11.3 Å². The molecular formula is C11H14BrClOS. The largest absolute Gasteiger partial charge is 0.378 e. The van der Waals surface area contributed by atoms with Crippen LogP contribution in [0.15, 0.2) is 10.5 Å². The van der Waals surface area contributed by atoms with Gasteiger partial charge in [-0.25, -0.2) is 0 Å². The Hall–Kier alpha value is 0.430. The lowest BCUT2D eigenvalue weighted by molar-refractivity contribution is 0.120. The van der Waals surface area contributed by atoms with E-state index in [-0.39, 0.29) is 5.38 Å². The van der Waals surface area contributed by atoms with Crippen molar-refractivity contribution in [2.24, 2.45) is 5.92 Å². The number of rotatable bonds is 2. The van der Waals surface area contributed by atoms with Gasteiger partial charge in [-0.15, -0.1) is 22.9 Å². The molecule has 4 heteroatoms. The lowest BCUT2D eigenvalue weighted by atomic mass is 10.0. The van der Waals surface area contributed by atoms with Crippen LogP contribution in [0.3, 0.4) is 0 Å². The summed E-state index contributed by atoms with van der Waals surface area (Å²) in [6.45, 7) is 5.01. The van der Waals surface area contributed by atoms with Crippen LogP contribution in [0.4, 0.5) is 0 Å². The topological polar surface area (TPSA) is 9.23 Å². The van der Waals surface area contributed by atoms with Gasteiger partial charge in [-0.1, -0.05) is 0 Å². The molecule has 15 heavy (non-hydrogen) atoms. The van der Waals surface area contributed by atoms with Crippen molar-refractivity contribution in [3.8, 4) is 0 Å². The molecule has 0 aliphatic carbocycles. The first-order chi connectivity index (χ1) is 7.08. The molecule has 0 bridgehead atoms. The predicted molar refractivity (Wildman–Crippen MR) is 68.9 cm³/mol. The average Bonchev–Trinajstić information content (AvgIpc) is 2.71. The normalized spacial score (nSPS) is 28.3. The van der Waals surface area contributed by atoms with Crippen LogP contribution in [0.1, 0.15) is 28.5 Å². The van der Waals surface area contributed by atoms with E-state index in [2.05, 4.69) is 35.8 Å². The first-order valence-corrected chi connectivity index (χ1v) is 7.14. The summed E-state index contributed by atoms with van der Waals surface area (Å²) in [5.41, 5.74) is 0. The zero-order chi connectivity index (χ0) is 11.0. The van der Waals surface area contributed by atoms with Crippen molar-refractivity contribution in [2.45, 2.75) is 31.7 Å². The van der Waals surface area contributed by atoms with Gasteiger partial charge in [-0.3, -0.25) is 0 Å². The van der Waals surface area contributed by atoms with Crippen molar-refractivity contribution in [1.29, 1.82) is 0 Å². The molecule has 0 N–H and O–H groups in total. The number of halogens is 2. The van der Waals surface area contributed by atoms with Gasteiger partial charge in [0.2, 0.25) is 0 Å². The van der Waals surface area contributed by atoms with Crippen LogP contribution in [0.25, 0.3) is 0 Å². The fourth-order valence-electron chi connectivity index (χ4n) is 1.96. The molecule has 84 valence electrons. The van der Waals surface area contributed by atoms with E-state index in [9.17, 15) is 0 Å². The molecule has 3 atom stereocenters. The van der Waals surface area contributed by atoms with E-state index in [1.807, 2.05) is 0 Å². The maximum atomic E-state index is 6.50. The summed E-state index contributed by atoms with van der Waals surface area (Å²) in [7, 11) is 0. The molecule has 2 heterocycles. The molecule has 3 unspecified atom stereocenters. The van der Waals surface area contributed by atoms with Crippen molar-refractivity contribution < 1.29 is 4.74 Å². The Balaban J connectivity index is 2.13. The molecular weight excluding hydrogens is 296 g/mol. The van der Waals surface area contributed by atoms with Crippen LogP contribution in [0.5, 0.6) is 0 Å². The predicted octanol–water partition coefficient (Wildman–Crippen LogP) is 4.52. The molecule has 0 amide bonds. The van der Waals surface area contributed by atoms with Gasteiger partial charge in [0.15, 0.2) is 0 Å². The maximum Gasteiger partial charge on any atom is 0.0741 e. The molecule has 1 aliphatic heterocycles. The number of ether oxygens (including phenoxy) is 1. The molecule has 2 rings (SSSR count). The molecule has 1 nitrogen and oxygen atoms in total. The van der Waals surface area contributed by atoms with Crippen molar-refractivity contribution in [3.05, 3.63) is 20.3 Å². The summed E-state index contributed by atoms with van der Waals surface area (Å²) in [4.78, 5) is 2.55. The Morgan fingerprint density at radius 2 is 2.40 bits per heavy atom. The maximum absolute atomic E-state index is 6.50. The minimum atomic E-state index is 0.0861. The summed E-state index contributed by atoms with van der Waals surface area (Å²) in [5, 5.41) is 0.0861. The zero-order valence-electron chi connectivity index (χ0n) is 8.80. The van der Waals surface area contributed by atoms with Crippen LogP contribution < -0.4 is 0 Å². The lowest BCUT2D eigenvalue weighted by Crippen LogP contribution is -2.07. The van der Waals surface area contributed by atoms with Crippen LogP contribution in [-0.2, 0) is 4.74 Å². The van der Waals surface area contributed by atoms with E-state index >= 15 is 0 Å². The van der Waals surface area contributed by atoms with Crippen molar-refractivity contribution in [1.82, 2.24) is 0 Å². The summed E-state index contributed by atoms with van der Waals surface area (Å²) in [6, 6.07) is 2.13. The summed E-state index contributed by atoms with van der Waals surface area (Å²) in [6.07, 6.45) is 1.42. The van der Waals surface area contributed by atoms with Gasteiger partial charge in [-0.05, 0) is 42.3 Å². The third-order valence-corrected chi connectivity index (χ3v) is 5.49. The third-order valence-electron chi connectivity index (χ3n) is 2.73. The summed E-state index contributed by atoms with van der Waals surface area (Å²) < 4.78 is 6.70. The Kier molecular flexibility index (Phi) is 3.76. The monoisotopic (exact) mass is 308 g/mol. The van der Waals surface area contributed by atoms with E-state index in [0.29, 0.717) is 12.0 Å². The first-order valence-electron chi connectivity index (χ1n) is 5.09. The molecule has 0 radical (unpaired) electrons. The van der Waals surface area contributed by atoms with Crippen molar-refractivity contribution in [2.75, 3.05) is 6.61 Å². The third kappa shape index (κ3) is 2.57. The number of aryl methyl sites for hydroxylation is 1. The van der Waals surface area contributed by atoms with Crippen LogP contribution >= 0.6 is 38.9 Å². The summed E-state index contributed by atoms with van der Waals surface area (Å²) in [5.74, 6) is 0.455. The zero-order valence-corrected chi connectivity index (χ0v) is 12.0. The van der Waals surface area contributed by atoms with Gasteiger partial charge < -0.3 is 4.74 Å². The number of alkyl halides is 1. The molecule has 1 aliphatic rings. The molecule has 1 aromatic heterocycles. The first kappa shape index (κ1) is 11.9. The number of thiophene rings is 1. The Labute approximate surface area is 108 Å². The van der Waals surface area contributed by atoms with Gasteiger partial charge in [-0.2, -0.15) is 0 Å². The smallest absolute Gasteiger partial charge is 0.0741 e. The standard InChI is InChI=1S/C11H14BrClOS/c1-6-3-8(5-14-6)10(13)11-9(12)4-7(2)15-11/h4,6,8,10H,3,5H2,1-2H3. The summed E-state index contributed by atoms with van der Waals surface area (Å²) >= 11 is 11.8. The fraction of sp³-hybridized carbons (Fsp3) is 0.636. The Morgan fingerprint density at radius 3 is 2.87 bits per heavy atom. The Morgan fingerprint density at radius 1 is 1.67 bits per heavy atom. The van der Waals surface area contributed by atoms with E-state index in [0.717, 1.165) is 17.5 Å². The van der Waals surface area contributed by atoms with Crippen LogP contribution in [-0.4, -0.2) is 12.7 Å². The second-order valence-corrected chi connectivity index (χ2v) is 6.72. The highest BCUT2D eigenvalue weighted by Gasteiger charge is 2.31. The van der Waals surface area contributed by atoms with Gasteiger partial charge in [0, 0.05) is 20.1 Å². The fourth-order valence-corrected chi connectivity index (χ4v) is 4.49. The number of hydrogen-bond donors (Lipinski definition) is 0. The quantitative estimate of drug-likeness (QED) is 0.730. The second-order valence-electron chi connectivity index (χ2n) is 4.11. The van der Waals surface area contributed by atoms with Gasteiger partial charge in [0.25, 0.3) is 0 Å². The molecule has 0 spiro atoms. The van der Waals surface area contributed by atoms with Crippen LogP contribution in [0.2, 0.25) is 0 Å².